The summed E-state index contributed by atoms with van der Waals surface area (Å²) in [5, 5.41) is 9.16. The van der Waals surface area contributed by atoms with Gasteiger partial charge in [0, 0.05) is 12.0 Å². The monoisotopic (exact) mass is 185 g/mol. The van der Waals surface area contributed by atoms with Crippen molar-refractivity contribution >= 4 is 17.2 Å². The van der Waals surface area contributed by atoms with Gasteiger partial charge in [0.1, 0.15) is 0 Å². The van der Waals surface area contributed by atoms with E-state index in [1.807, 2.05) is 0 Å². The minimum Gasteiger partial charge on any atom is -0.505 e. The first kappa shape index (κ1) is 8.93. The van der Waals surface area contributed by atoms with Crippen LogP contribution in [0.25, 0.3) is 0 Å². The molecule has 0 radical (unpaired) electrons. The third-order valence-electron chi connectivity index (χ3n) is 1.44. The van der Waals surface area contributed by atoms with Crippen molar-refractivity contribution in [1.82, 2.24) is 0 Å². The van der Waals surface area contributed by atoms with Crippen molar-refractivity contribution in [2.75, 3.05) is 0 Å². The fraction of sp³-hybridized carbons (Fsp3) is 0.125. The third-order valence-corrected chi connectivity index (χ3v) is 1.58. The highest BCUT2D eigenvalue weighted by Crippen LogP contribution is 2.20. The highest BCUT2D eigenvalue weighted by Gasteiger charge is 2.06. The summed E-state index contributed by atoms with van der Waals surface area (Å²) in [7, 11) is 0. The molecule has 0 aliphatic carbocycles. The van der Waals surface area contributed by atoms with Gasteiger partial charge in [0.15, 0.2) is 11.6 Å². The van der Waals surface area contributed by atoms with E-state index in [1.165, 1.54) is 12.1 Å². The summed E-state index contributed by atoms with van der Waals surface area (Å²) in [5.41, 5.74) is 5.66. The van der Waals surface area contributed by atoms with Gasteiger partial charge in [0.05, 0.1) is 4.99 Å². The van der Waals surface area contributed by atoms with Crippen LogP contribution < -0.4 is 5.73 Å². The summed E-state index contributed by atoms with van der Waals surface area (Å²) >= 11 is 4.62. The maximum Gasteiger partial charge on any atom is 0.165 e. The first-order chi connectivity index (χ1) is 5.61. The molecule has 3 N–H and O–H groups in total. The van der Waals surface area contributed by atoms with Crippen molar-refractivity contribution < 1.29 is 9.50 Å². The largest absolute Gasteiger partial charge is 0.505 e. The summed E-state index contributed by atoms with van der Waals surface area (Å²) in [6.45, 7) is 0. The van der Waals surface area contributed by atoms with Gasteiger partial charge in [0.2, 0.25) is 0 Å². The average molecular weight is 185 g/mol. The van der Waals surface area contributed by atoms with Crippen molar-refractivity contribution in [2.24, 2.45) is 5.73 Å². The number of hydrogen-bond donors (Lipinski definition) is 2. The van der Waals surface area contributed by atoms with E-state index < -0.39 is 5.82 Å². The van der Waals surface area contributed by atoms with E-state index in [4.69, 9.17) is 10.8 Å². The van der Waals surface area contributed by atoms with Crippen LogP contribution in [-0.2, 0) is 6.42 Å². The van der Waals surface area contributed by atoms with Crippen LogP contribution in [-0.4, -0.2) is 10.1 Å². The number of benzene rings is 1. The van der Waals surface area contributed by atoms with Gasteiger partial charge < -0.3 is 10.8 Å². The Hall–Kier alpha value is -1.16. The number of thiocarbonyl (C=S) groups is 1. The summed E-state index contributed by atoms with van der Waals surface area (Å²) in [6.07, 6.45) is 0.221. The molecule has 0 heterocycles. The predicted molar refractivity (Wildman–Crippen MR) is 48.6 cm³/mol. The normalized spacial score (nSPS) is 9.75. The molecule has 1 aromatic rings. The third kappa shape index (κ3) is 1.92. The Bertz CT molecular complexity index is 314. The van der Waals surface area contributed by atoms with Gasteiger partial charge in [-0.1, -0.05) is 24.4 Å². The molecule has 0 aliphatic rings. The molecule has 12 heavy (non-hydrogen) atoms. The van der Waals surface area contributed by atoms with Crippen LogP contribution in [0.2, 0.25) is 0 Å². The number of halogens is 1. The Morgan fingerprint density at radius 2 is 2.25 bits per heavy atom. The van der Waals surface area contributed by atoms with Crippen LogP contribution in [0.15, 0.2) is 18.2 Å². The lowest BCUT2D eigenvalue weighted by Gasteiger charge is -2.02. The molecule has 4 heteroatoms. The topological polar surface area (TPSA) is 46.2 Å². The summed E-state index contributed by atoms with van der Waals surface area (Å²) in [4.78, 5) is 0.232. The van der Waals surface area contributed by atoms with Crippen LogP contribution in [0.4, 0.5) is 4.39 Å². The predicted octanol–water partition coefficient (Wildman–Crippen LogP) is 1.36. The smallest absolute Gasteiger partial charge is 0.165 e. The van der Waals surface area contributed by atoms with Gasteiger partial charge in [-0.3, -0.25) is 0 Å². The molecule has 0 aliphatic heterocycles. The van der Waals surface area contributed by atoms with Crippen molar-refractivity contribution in [2.45, 2.75) is 6.42 Å². The molecule has 0 saturated carbocycles. The van der Waals surface area contributed by atoms with E-state index in [0.29, 0.717) is 5.56 Å². The molecule has 0 saturated heterocycles. The fourth-order valence-corrected chi connectivity index (χ4v) is 1.05. The van der Waals surface area contributed by atoms with Crippen LogP contribution in [0.3, 0.4) is 0 Å². The standard InChI is InChI=1S/C8H8FNOS/c9-6-3-1-2-5(8(6)11)4-7(10)12/h1-3,11H,4H2,(H2,10,12). The van der Waals surface area contributed by atoms with Crippen molar-refractivity contribution in [3.05, 3.63) is 29.6 Å². The van der Waals surface area contributed by atoms with Crippen molar-refractivity contribution in [1.29, 1.82) is 0 Å². The molecule has 1 rings (SSSR count). The molecule has 1 aromatic carbocycles. The lowest BCUT2D eigenvalue weighted by Crippen LogP contribution is -2.11. The highest BCUT2D eigenvalue weighted by molar-refractivity contribution is 7.80. The number of phenols is 1. The Labute approximate surface area is 74.8 Å². The molecule has 0 fully saturated rings. The Morgan fingerprint density at radius 1 is 1.58 bits per heavy atom. The van der Waals surface area contributed by atoms with Crippen molar-refractivity contribution in [3.63, 3.8) is 0 Å². The van der Waals surface area contributed by atoms with E-state index >= 15 is 0 Å². The summed E-state index contributed by atoms with van der Waals surface area (Å²) < 4.78 is 12.7. The number of para-hydroxylation sites is 1. The summed E-state index contributed by atoms with van der Waals surface area (Å²) in [5.74, 6) is -1.02. The maximum atomic E-state index is 12.7. The van der Waals surface area contributed by atoms with Crippen molar-refractivity contribution in [3.8, 4) is 5.75 Å². The Kier molecular flexibility index (Phi) is 2.60. The fourth-order valence-electron chi connectivity index (χ4n) is 0.890. The van der Waals surface area contributed by atoms with Gasteiger partial charge in [-0.25, -0.2) is 4.39 Å². The number of aromatic hydroxyl groups is 1. The number of phenolic OH excluding ortho intramolecular Hbond substituents is 1. The molecule has 64 valence electrons. The average Bonchev–Trinajstić information content (AvgIpc) is 1.98. The van der Waals surface area contributed by atoms with Gasteiger partial charge in [0.25, 0.3) is 0 Å². The second-order valence-electron chi connectivity index (χ2n) is 2.39. The van der Waals surface area contributed by atoms with Crippen LogP contribution in [0.1, 0.15) is 5.56 Å². The van der Waals surface area contributed by atoms with Gasteiger partial charge in [-0.2, -0.15) is 0 Å². The zero-order valence-corrected chi connectivity index (χ0v) is 7.07. The molecule has 0 aromatic heterocycles. The molecular formula is C8H8FNOS. The minimum atomic E-state index is -0.649. The van der Waals surface area contributed by atoms with E-state index in [0.717, 1.165) is 0 Å². The molecule has 0 spiro atoms. The first-order valence-electron chi connectivity index (χ1n) is 3.36. The lowest BCUT2D eigenvalue weighted by molar-refractivity contribution is 0.427. The van der Waals surface area contributed by atoms with Crippen LogP contribution in [0.5, 0.6) is 5.75 Å². The molecule has 2 nitrogen and oxygen atoms in total. The van der Waals surface area contributed by atoms with E-state index in [2.05, 4.69) is 12.2 Å². The summed E-state index contributed by atoms with van der Waals surface area (Å²) in [6, 6.07) is 4.26. The van der Waals surface area contributed by atoms with Crippen LogP contribution >= 0.6 is 12.2 Å². The van der Waals surface area contributed by atoms with E-state index in [1.54, 1.807) is 6.07 Å². The van der Waals surface area contributed by atoms with Gasteiger partial charge >= 0.3 is 0 Å². The van der Waals surface area contributed by atoms with E-state index in [9.17, 15) is 4.39 Å². The highest BCUT2D eigenvalue weighted by atomic mass is 32.1. The van der Waals surface area contributed by atoms with E-state index in [-0.39, 0.29) is 17.2 Å². The van der Waals surface area contributed by atoms with Gasteiger partial charge in [-0.05, 0) is 6.07 Å². The van der Waals surface area contributed by atoms with Gasteiger partial charge in [-0.15, -0.1) is 0 Å². The molecule has 0 amide bonds. The number of hydrogen-bond acceptors (Lipinski definition) is 2. The second-order valence-corrected chi connectivity index (χ2v) is 2.92. The SMILES string of the molecule is NC(=S)Cc1cccc(F)c1O. The maximum absolute atomic E-state index is 12.7. The quantitative estimate of drug-likeness (QED) is 0.684. The number of nitrogens with two attached hydrogens (primary N) is 1. The first-order valence-corrected chi connectivity index (χ1v) is 3.76. The number of rotatable bonds is 2. The molecule has 0 bridgehead atoms. The minimum absolute atomic E-state index is 0.221. The lowest BCUT2D eigenvalue weighted by atomic mass is 10.1. The van der Waals surface area contributed by atoms with Crippen LogP contribution in [0, 0.1) is 5.82 Å². The molecule has 0 atom stereocenters. The zero-order chi connectivity index (χ0) is 9.14. The Morgan fingerprint density at radius 3 is 2.83 bits per heavy atom. The second kappa shape index (κ2) is 3.49. The molecular weight excluding hydrogens is 177 g/mol. The molecule has 0 unspecified atom stereocenters. The zero-order valence-electron chi connectivity index (χ0n) is 6.25. The Balaban J connectivity index is 3.00.